The number of likely N-dealkylation sites (tertiary alicyclic amines) is 1. The number of Topliss-reactive ketones (excluding diaryl/α,β-unsaturated/α-hetero) is 1. The number of methoxy groups -OCH3 is 2. The highest BCUT2D eigenvalue weighted by molar-refractivity contribution is 6.46. The van der Waals surface area contributed by atoms with E-state index in [1.807, 2.05) is 19.0 Å². The van der Waals surface area contributed by atoms with Gasteiger partial charge in [0.05, 0.1) is 37.1 Å². The number of H-pyrrole nitrogens is 1. The van der Waals surface area contributed by atoms with Gasteiger partial charge in [-0.15, -0.1) is 0 Å². The number of likely N-dealkylation sites (N-methyl/N-ethyl adjacent to an activating group) is 1. The summed E-state index contributed by atoms with van der Waals surface area (Å²) >= 11 is 0. The summed E-state index contributed by atoms with van der Waals surface area (Å²) in [7, 11) is 6.82. The SMILES string of the molecule is COc1ccc(OC)c([C@H]2/C(=C(\O)c3c(C)n[nH]c3C)C(=O)C(=O)N2CCN(C)C)c1. The van der Waals surface area contributed by atoms with Crippen molar-refractivity contribution in [1.82, 2.24) is 20.0 Å². The Balaban J connectivity index is 2.28. The lowest BCUT2D eigenvalue weighted by molar-refractivity contribution is -0.140. The predicted octanol–water partition coefficient (Wildman–Crippen LogP) is 2.03. The highest BCUT2D eigenvalue weighted by atomic mass is 16.5. The summed E-state index contributed by atoms with van der Waals surface area (Å²) < 4.78 is 10.9. The van der Waals surface area contributed by atoms with Crippen LogP contribution in [0.15, 0.2) is 23.8 Å². The Kier molecular flexibility index (Phi) is 6.35. The normalized spacial score (nSPS) is 18.2. The summed E-state index contributed by atoms with van der Waals surface area (Å²) in [6.45, 7) is 4.31. The molecule has 0 saturated carbocycles. The quantitative estimate of drug-likeness (QED) is 0.395. The van der Waals surface area contributed by atoms with E-state index in [0.29, 0.717) is 47.1 Å². The number of aliphatic hydroxyl groups is 1. The second kappa shape index (κ2) is 8.81. The molecule has 1 aliphatic rings. The van der Waals surface area contributed by atoms with Crippen LogP contribution in [-0.2, 0) is 9.59 Å². The fourth-order valence-corrected chi connectivity index (χ4v) is 3.83. The number of aryl methyl sites for hydroxylation is 2. The second-order valence-corrected chi connectivity index (χ2v) is 7.71. The minimum Gasteiger partial charge on any atom is -0.507 e. The lowest BCUT2D eigenvalue weighted by Gasteiger charge is -2.28. The molecule has 1 aromatic carbocycles. The molecule has 31 heavy (non-hydrogen) atoms. The van der Waals surface area contributed by atoms with Crippen molar-refractivity contribution in [1.29, 1.82) is 0 Å². The van der Waals surface area contributed by atoms with E-state index in [2.05, 4.69) is 10.2 Å². The van der Waals surface area contributed by atoms with E-state index in [-0.39, 0.29) is 11.3 Å². The molecule has 1 fully saturated rings. The third kappa shape index (κ3) is 4.00. The number of aromatic nitrogens is 2. The maximum atomic E-state index is 13.1. The van der Waals surface area contributed by atoms with Crippen molar-refractivity contribution in [2.75, 3.05) is 41.4 Å². The Bertz CT molecular complexity index is 1020. The van der Waals surface area contributed by atoms with Gasteiger partial charge in [-0.2, -0.15) is 5.10 Å². The molecule has 1 atom stereocenters. The number of carbonyl (C=O) groups excluding carboxylic acids is 2. The van der Waals surface area contributed by atoms with Crippen LogP contribution in [0.25, 0.3) is 5.76 Å². The molecule has 2 aromatic rings. The van der Waals surface area contributed by atoms with Gasteiger partial charge in [0, 0.05) is 24.3 Å². The van der Waals surface area contributed by atoms with Gasteiger partial charge in [0.2, 0.25) is 0 Å². The number of hydrogen-bond acceptors (Lipinski definition) is 7. The number of nitrogens with zero attached hydrogens (tertiary/aromatic N) is 3. The Morgan fingerprint density at radius 3 is 2.48 bits per heavy atom. The third-order valence-corrected chi connectivity index (χ3v) is 5.42. The van der Waals surface area contributed by atoms with E-state index in [9.17, 15) is 14.7 Å². The molecule has 0 unspecified atom stereocenters. The van der Waals surface area contributed by atoms with Crippen molar-refractivity contribution in [3.63, 3.8) is 0 Å². The van der Waals surface area contributed by atoms with Crippen LogP contribution < -0.4 is 9.47 Å². The van der Waals surface area contributed by atoms with Gasteiger partial charge < -0.3 is 24.4 Å². The number of aliphatic hydroxyl groups excluding tert-OH is 1. The van der Waals surface area contributed by atoms with Crippen molar-refractivity contribution in [3.05, 3.63) is 46.3 Å². The summed E-state index contributed by atoms with van der Waals surface area (Å²) in [5.41, 5.74) is 2.11. The monoisotopic (exact) mass is 428 g/mol. The zero-order valence-corrected chi connectivity index (χ0v) is 18.6. The van der Waals surface area contributed by atoms with Gasteiger partial charge in [-0.1, -0.05) is 0 Å². The fraction of sp³-hybridized carbons (Fsp3) is 0.409. The molecule has 2 N–H and O–H groups in total. The van der Waals surface area contributed by atoms with Crippen LogP contribution in [0.1, 0.15) is 28.6 Å². The standard InChI is InChI=1S/C22H28N4O5/c1-12-17(13(2)24-23-12)20(27)18-19(15-11-14(30-5)7-8-16(15)31-6)26(10-9-25(3)4)22(29)21(18)28/h7-8,11,19,27H,9-10H2,1-6H3,(H,23,24)/b20-18+/t19-/m0/s1. The molecule has 0 radical (unpaired) electrons. The van der Waals surface area contributed by atoms with E-state index < -0.39 is 17.7 Å². The maximum absolute atomic E-state index is 13.1. The van der Waals surface area contributed by atoms with Gasteiger partial charge in [0.1, 0.15) is 17.3 Å². The molecular weight excluding hydrogens is 400 g/mol. The summed E-state index contributed by atoms with van der Waals surface area (Å²) in [5.74, 6) is -0.647. The lowest BCUT2D eigenvalue weighted by atomic mass is 9.94. The smallest absolute Gasteiger partial charge is 0.295 e. The largest absolute Gasteiger partial charge is 0.507 e. The number of ketones is 1. The van der Waals surface area contributed by atoms with Gasteiger partial charge in [-0.3, -0.25) is 14.7 Å². The average molecular weight is 428 g/mol. The number of amides is 1. The third-order valence-electron chi connectivity index (χ3n) is 5.42. The van der Waals surface area contributed by atoms with E-state index in [1.54, 1.807) is 32.0 Å². The molecule has 1 aliphatic heterocycles. The van der Waals surface area contributed by atoms with Gasteiger partial charge >= 0.3 is 0 Å². The number of aromatic amines is 1. The van der Waals surface area contributed by atoms with Gasteiger partial charge in [-0.05, 0) is 46.1 Å². The van der Waals surface area contributed by atoms with E-state index in [1.165, 1.54) is 19.1 Å². The molecule has 1 saturated heterocycles. The zero-order valence-electron chi connectivity index (χ0n) is 18.6. The minimum absolute atomic E-state index is 0.00269. The number of benzene rings is 1. The number of carbonyl (C=O) groups is 2. The Morgan fingerprint density at radius 1 is 1.23 bits per heavy atom. The molecule has 1 aromatic heterocycles. The summed E-state index contributed by atoms with van der Waals surface area (Å²) in [4.78, 5) is 29.5. The minimum atomic E-state index is -0.835. The molecule has 3 rings (SSSR count). The zero-order chi connectivity index (χ0) is 22.9. The first-order valence-electron chi connectivity index (χ1n) is 9.88. The lowest BCUT2D eigenvalue weighted by Crippen LogP contribution is -2.35. The van der Waals surface area contributed by atoms with E-state index in [4.69, 9.17) is 9.47 Å². The number of rotatable bonds is 7. The van der Waals surface area contributed by atoms with Crippen LogP contribution in [0, 0.1) is 13.8 Å². The van der Waals surface area contributed by atoms with E-state index >= 15 is 0 Å². The first kappa shape index (κ1) is 22.4. The fourth-order valence-electron chi connectivity index (χ4n) is 3.83. The van der Waals surface area contributed by atoms with Crippen molar-refractivity contribution in [2.45, 2.75) is 19.9 Å². The molecule has 0 bridgehead atoms. The van der Waals surface area contributed by atoms with Crippen molar-refractivity contribution < 1.29 is 24.2 Å². The predicted molar refractivity (Wildman–Crippen MR) is 115 cm³/mol. The first-order valence-corrected chi connectivity index (χ1v) is 9.88. The van der Waals surface area contributed by atoms with Gasteiger partial charge in [-0.25, -0.2) is 0 Å². The Morgan fingerprint density at radius 2 is 1.94 bits per heavy atom. The van der Waals surface area contributed by atoms with Crippen LogP contribution in [0.4, 0.5) is 0 Å². The van der Waals surface area contributed by atoms with Crippen LogP contribution in [0.5, 0.6) is 11.5 Å². The highest BCUT2D eigenvalue weighted by Crippen LogP contribution is 2.44. The molecule has 0 aliphatic carbocycles. The summed E-state index contributed by atoms with van der Waals surface area (Å²) in [6, 6.07) is 4.34. The molecular formula is C22H28N4O5. The molecule has 9 heteroatoms. The number of ether oxygens (including phenoxy) is 2. The summed E-state index contributed by atoms with van der Waals surface area (Å²) in [6.07, 6.45) is 0. The second-order valence-electron chi connectivity index (χ2n) is 7.71. The van der Waals surface area contributed by atoms with Crippen LogP contribution in [0.3, 0.4) is 0 Å². The van der Waals surface area contributed by atoms with Crippen molar-refractivity contribution in [3.8, 4) is 11.5 Å². The molecule has 9 nitrogen and oxygen atoms in total. The van der Waals surface area contributed by atoms with Crippen LogP contribution in [-0.4, -0.2) is 78.2 Å². The number of hydrogen-bond donors (Lipinski definition) is 2. The van der Waals surface area contributed by atoms with Crippen molar-refractivity contribution in [2.24, 2.45) is 0 Å². The van der Waals surface area contributed by atoms with Crippen LogP contribution >= 0.6 is 0 Å². The number of nitrogens with one attached hydrogen (secondary N) is 1. The summed E-state index contributed by atoms with van der Waals surface area (Å²) in [5, 5.41) is 18.1. The Labute approximate surface area is 181 Å². The first-order chi connectivity index (χ1) is 14.7. The molecule has 0 spiro atoms. The molecule has 1 amide bonds. The van der Waals surface area contributed by atoms with Gasteiger partial charge in [0.25, 0.3) is 11.7 Å². The van der Waals surface area contributed by atoms with E-state index in [0.717, 1.165) is 0 Å². The van der Waals surface area contributed by atoms with Crippen LogP contribution in [0.2, 0.25) is 0 Å². The average Bonchev–Trinajstić information content (AvgIpc) is 3.21. The topological polar surface area (TPSA) is 108 Å². The molecule has 2 heterocycles. The highest BCUT2D eigenvalue weighted by Gasteiger charge is 2.47. The maximum Gasteiger partial charge on any atom is 0.295 e. The van der Waals surface area contributed by atoms with Crippen molar-refractivity contribution >= 4 is 17.4 Å². The van der Waals surface area contributed by atoms with Gasteiger partial charge in [0.15, 0.2) is 0 Å². The molecule has 166 valence electrons. The Hall–Kier alpha value is -3.33.